The van der Waals surface area contributed by atoms with Gasteiger partial charge in [-0.05, 0) is 49.9 Å². The second-order valence-corrected chi connectivity index (χ2v) is 5.31. The van der Waals surface area contributed by atoms with Gasteiger partial charge in [-0.1, -0.05) is 17.7 Å². The van der Waals surface area contributed by atoms with Crippen molar-refractivity contribution in [1.29, 1.82) is 0 Å². The molecule has 2 rings (SSSR count). The summed E-state index contributed by atoms with van der Waals surface area (Å²) in [5.74, 6) is 0.371. The van der Waals surface area contributed by atoms with Crippen molar-refractivity contribution in [3.05, 3.63) is 34.6 Å². The van der Waals surface area contributed by atoms with Crippen LogP contribution in [-0.2, 0) is 11.2 Å². The van der Waals surface area contributed by atoms with Crippen LogP contribution in [-0.4, -0.2) is 26.3 Å². The van der Waals surface area contributed by atoms with Gasteiger partial charge in [-0.2, -0.15) is 0 Å². The third-order valence-corrected chi connectivity index (χ3v) is 3.82. The Kier molecular flexibility index (Phi) is 4.60. The van der Waals surface area contributed by atoms with E-state index < -0.39 is 0 Å². The van der Waals surface area contributed by atoms with Gasteiger partial charge in [-0.15, -0.1) is 0 Å². The van der Waals surface area contributed by atoms with Gasteiger partial charge in [0.05, 0.1) is 6.10 Å². The van der Waals surface area contributed by atoms with Crippen LogP contribution in [0.1, 0.15) is 18.4 Å². The smallest absolute Gasteiger partial charge is 0.127 e. The van der Waals surface area contributed by atoms with E-state index in [0.29, 0.717) is 22.9 Å². The number of ether oxygens (including phenoxy) is 1. The molecule has 4 heteroatoms. The molecule has 1 fully saturated rings. The second-order valence-electron chi connectivity index (χ2n) is 4.87. The molecular formula is C14H19ClFNO. The largest absolute Gasteiger partial charge is 0.380 e. The zero-order valence-corrected chi connectivity index (χ0v) is 11.5. The van der Waals surface area contributed by atoms with Crippen molar-refractivity contribution in [3.8, 4) is 0 Å². The Bertz CT molecular complexity index is 409. The molecule has 18 heavy (non-hydrogen) atoms. The number of hydrogen-bond acceptors (Lipinski definition) is 2. The highest BCUT2D eigenvalue weighted by molar-refractivity contribution is 6.30. The molecule has 0 aromatic heterocycles. The first-order valence-corrected chi connectivity index (χ1v) is 6.67. The number of nitrogens with one attached hydrogen (secondary N) is 1. The van der Waals surface area contributed by atoms with Gasteiger partial charge in [0.2, 0.25) is 0 Å². The summed E-state index contributed by atoms with van der Waals surface area (Å²) in [5.41, 5.74) is 0.682. The fourth-order valence-electron chi connectivity index (χ4n) is 2.42. The Hall–Kier alpha value is -0.640. The van der Waals surface area contributed by atoms with Crippen molar-refractivity contribution in [1.82, 2.24) is 5.32 Å². The summed E-state index contributed by atoms with van der Waals surface area (Å²) in [6.45, 7) is 0. The zero-order valence-electron chi connectivity index (χ0n) is 10.7. The third-order valence-electron chi connectivity index (χ3n) is 3.58. The summed E-state index contributed by atoms with van der Waals surface area (Å²) >= 11 is 5.76. The summed E-state index contributed by atoms with van der Waals surface area (Å²) < 4.78 is 19.3. The minimum Gasteiger partial charge on any atom is -0.380 e. The van der Waals surface area contributed by atoms with E-state index in [1.807, 2.05) is 7.05 Å². The lowest BCUT2D eigenvalue weighted by Gasteiger charge is -2.26. The average molecular weight is 272 g/mol. The third kappa shape index (κ3) is 3.22. The standard InChI is InChI=1S/C14H19ClFNO/c1-17-13(14(18-2)9-3-4-9)7-10-5-6-11(15)8-12(10)16/h5-6,8-9,13-14,17H,3-4,7H2,1-2H3. The molecule has 0 bridgehead atoms. The molecule has 0 saturated heterocycles. The molecule has 1 aliphatic rings. The molecule has 1 saturated carbocycles. The van der Waals surface area contributed by atoms with Crippen LogP contribution in [0.4, 0.5) is 4.39 Å². The Balaban J connectivity index is 2.09. The van der Waals surface area contributed by atoms with Crippen molar-refractivity contribution in [2.75, 3.05) is 14.2 Å². The Morgan fingerprint density at radius 1 is 1.50 bits per heavy atom. The summed E-state index contributed by atoms with van der Waals surface area (Å²) in [4.78, 5) is 0. The Labute approximate surface area is 112 Å². The molecule has 1 N–H and O–H groups in total. The highest BCUT2D eigenvalue weighted by atomic mass is 35.5. The van der Waals surface area contributed by atoms with Crippen LogP contribution in [0.5, 0.6) is 0 Å². The van der Waals surface area contributed by atoms with Gasteiger partial charge in [-0.25, -0.2) is 4.39 Å². The molecule has 0 heterocycles. The van der Waals surface area contributed by atoms with E-state index in [4.69, 9.17) is 16.3 Å². The normalized spacial score (nSPS) is 18.7. The molecule has 2 unspecified atom stereocenters. The topological polar surface area (TPSA) is 21.3 Å². The molecule has 100 valence electrons. The van der Waals surface area contributed by atoms with E-state index in [9.17, 15) is 4.39 Å². The maximum Gasteiger partial charge on any atom is 0.127 e. The predicted octanol–water partition coefficient (Wildman–Crippen LogP) is 3.03. The van der Waals surface area contributed by atoms with Gasteiger partial charge < -0.3 is 10.1 Å². The molecule has 0 amide bonds. The Morgan fingerprint density at radius 2 is 2.22 bits per heavy atom. The van der Waals surface area contributed by atoms with Crippen LogP contribution in [0.15, 0.2) is 18.2 Å². The summed E-state index contributed by atoms with van der Waals surface area (Å²) in [6, 6.07) is 4.98. The van der Waals surface area contributed by atoms with Crippen LogP contribution in [0.3, 0.4) is 0 Å². The molecule has 0 aliphatic heterocycles. The van der Waals surface area contributed by atoms with Gasteiger partial charge in [0, 0.05) is 18.2 Å². The van der Waals surface area contributed by atoms with Gasteiger partial charge in [0.1, 0.15) is 5.82 Å². The fourth-order valence-corrected chi connectivity index (χ4v) is 2.58. The first-order chi connectivity index (χ1) is 8.65. The van der Waals surface area contributed by atoms with Crippen LogP contribution >= 0.6 is 11.6 Å². The van der Waals surface area contributed by atoms with E-state index in [2.05, 4.69) is 5.32 Å². The van der Waals surface area contributed by atoms with E-state index in [0.717, 1.165) is 0 Å². The van der Waals surface area contributed by atoms with E-state index in [1.54, 1.807) is 19.2 Å². The summed E-state index contributed by atoms with van der Waals surface area (Å²) in [5, 5.41) is 3.67. The van der Waals surface area contributed by atoms with Crippen LogP contribution < -0.4 is 5.32 Å². The number of likely N-dealkylation sites (N-methyl/N-ethyl adjacent to an activating group) is 1. The van der Waals surface area contributed by atoms with Crippen molar-refractivity contribution in [3.63, 3.8) is 0 Å². The lowest BCUT2D eigenvalue weighted by Crippen LogP contribution is -2.42. The number of hydrogen-bond donors (Lipinski definition) is 1. The Morgan fingerprint density at radius 3 is 2.72 bits per heavy atom. The molecule has 1 aromatic carbocycles. The first-order valence-electron chi connectivity index (χ1n) is 6.29. The average Bonchev–Trinajstić information content (AvgIpc) is 3.16. The summed E-state index contributed by atoms with van der Waals surface area (Å²) in [7, 11) is 3.62. The highest BCUT2D eigenvalue weighted by Gasteiger charge is 2.36. The zero-order chi connectivity index (χ0) is 13.1. The van der Waals surface area contributed by atoms with E-state index in [-0.39, 0.29) is 18.0 Å². The van der Waals surface area contributed by atoms with Crippen LogP contribution in [0.25, 0.3) is 0 Å². The maximum atomic E-state index is 13.8. The number of methoxy groups -OCH3 is 1. The van der Waals surface area contributed by atoms with Crippen molar-refractivity contribution in [2.45, 2.75) is 31.4 Å². The second kappa shape index (κ2) is 6.00. The quantitative estimate of drug-likeness (QED) is 0.859. The van der Waals surface area contributed by atoms with Crippen molar-refractivity contribution < 1.29 is 9.13 Å². The van der Waals surface area contributed by atoms with Gasteiger partial charge in [0.15, 0.2) is 0 Å². The SMILES string of the molecule is CNC(Cc1ccc(Cl)cc1F)C(OC)C1CC1. The molecule has 2 atom stereocenters. The molecular weight excluding hydrogens is 253 g/mol. The number of rotatable bonds is 6. The van der Waals surface area contributed by atoms with Gasteiger partial charge >= 0.3 is 0 Å². The fraction of sp³-hybridized carbons (Fsp3) is 0.571. The predicted molar refractivity (Wildman–Crippen MR) is 71.5 cm³/mol. The monoisotopic (exact) mass is 271 g/mol. The molecule has 1 aliphatic carbocycles. The van der Waals surface area contributed by atoms with Crippen LogP contribution in [0.2, 0.25) is 5.02 Å². The van der Waals surface area contributed by atoms with Crippen molar-refractivity contribution >= 4 is 11.6 Å². The minimum atomic E-state index is -0.242. The first kappa shape index (κ1) is 13.8. The molecule has 1 aromatic rings. The van der Waals surface area contributed by atoms with Gasteiger partial charge in [-0.3, -0.25) is 0 Å². The summed E-state index contributed by atoms with van der Waals surface area (Å²) in [6.07, 6.45) is 3.19. The number of benzene rings is 1. The van der Waals surface area contributed by atoms with Crippen molar-refractivity contribution in [2.24, 2.45) is 5.92 Å². The number of halogens is 2. The van der Waals surface area contributed by atoms with E-state index >= 15 is 0 Å². The van der Waals surface area contributed by atoms with Crippen LogP contribution in [0, 0.1) is 11.7 Å². The van der Waals surface area contributed by atoms with E-state index in [1.165, 1.54) is 18.9 Å². The lowest BCUT2D eigenvalue weighted by molar-refractivity contribution is 0.0532. The lowest BCUT2D eigenvalue weighted by atomic mass is 9.98. The molecule has 0 radical (unpaired) electrons. The minimum absolute atomic E-state index is 0.137. The molecule has 0 spiro atoms. The highest BCUT2D eigenvalue weighted by Crippen LogP contribution is 2.36. The maximum absolute atomic E-state index is 13.8. The molecule has 2 nitrogen and oxygen atoms in total. The van der Waals surface area contributed by atoms with Gasteiger partial charge in [0.25, 0.3) is 0 Å².